The highest BCUT2D eigenvalue weighted by molar-refractivity contribution is 7.92. The molecule has 0 saturated carbocycles. The third-order valence-electron chi connectivity index (χ3n) is 5.27. The van der Waals surface area contributed by atoms with Crippen LogP contribution in [0.3, 0.4) is 0 Å². The number of piperidine rings is 1. The van der Waals surface area contributed by atoms with Crippen molar-refractivity contribution in [2.45, 2.75) is 26.3 Å². The number of amides is 1. The van der Waals surface area contributed by atoms with Gasteiger partial charge in [-0.3, -0.25) is 9.10 Å². The van der Waals surface area contributed by atoms with Crippen molar-refractivity contribution in [3.05, 3.63) is 65.2 Å². The van der Waals surface area contributed by atoms with Crippen LogP contribution < -0.4 is 9.73 Å². The minimum absolute atomic E-state index is 0.235. The molecule has 2 aromatic rings. The number of benzene rings is 2. The van der Waals surface area contributed by atoms with Crippen LogP contribution in [0.2, 0.25) is 0 Å². The van der Waals surface area contributed by atoms with Gasteiger partial charge in [0.05, 0.1) is 18.5 Å². The summed E-state index contributed by atoms with van der Waals surface area (Å²) in [5.41, 5.74) is 6.49. The minimum atomic E-state index is -3.49. The summed E-state index contributed by atoms with van der Waals surface area (Å²) in [5, 5.41) is 4.24. The van der Waals surface area contributed by atoms with Crippen LogP contribution >= 0.6 is 0 Å². The van der Waals surface area contributed by atoms with Crippen molar-refractivity contribution in [3.63, 3.8) is 0 Å². The Labute approximate surface area is 178 Å². The number of rotatable bonds is 6. The van der Waals surface area contributed by atoms with E-state index in [1.165, 1.54) is 10.6 Å². The summed E-state index contributed by atoms with van der Waals surface area (Å²) in [4.78, 5) is 14.6. The van der Waals surface area contributed by atoms with Crippen LogP contribution in [-0.4, -0.2) is 51.3 Å². The maximum absolute atomic E-state index is 12.4. The van der Waals surface area contributed by atoms with Gasteiger partial charge in [0.25, 0.3) is 5.91 Å². The van der Waals surface area contributed by atoms with Crippen LogP contribution in [0.25, 0.3) is 0 Å². The summed E-state index contributed by atoms with van der Waals surface area (Å²) in [7, 11) is -1.42. The van der Waals surface area contributed by atoms with Crippen LogP contribution in [-0.2, 0) is 16.6 Å². The Hall–Kier alpha value is -2.71. The van der Waals surface area contributed by atoms with Gasteiger partial charge >= 0.3 is 0 Å². The zero-order valence-electron chi connectivity index (χ0n) is 17.6. The van der Waals surface area contributed by atoms with Gasteiger partial charge in [0.1, 0.15) is 0 Å². The molecule has 1 aliphatic rings. The summed E-state index contributed by atoms with van der Waals surface area (Å²) in [5.74, 6) is -0.308. The maximum atomic E-state index is 12.4. The number of anilines is 1. The quantitative estimate of drug-likeness (QED) is 0.718. The summed E-state index contributed by atoms with van der Waals surface area (Å²) in [6, 6.07) is 14.2. The van der Waals surface area contributed by atoms with Gasteiger partial charge in [-0.15, -0.1) is 0 Å². The number of hydrogen-bond acceptors (Lipinski definition) is 5. The third kappa shape index (κ3) is 5.67. The van der Waals surface area contributed by atoms with E-state index in [-0.39, 0.29) is 12.5 Å². The number of aryl methyl sites for hydroxylation is 1. The van der Waals surface area contributed by atoms with Crippen molar-refractivity contribution in [3.8, 4) is 0 Å². The van der Waals surface area contributed by atoms with Gasteiger partial charge in [0.15, 0.2) is 0 Å². The van der Waals surface area contributed by atoms with Crippen molar-refractivity contribution < 1.29 is 13.2 Å². The molecule has 0 atom stereocenters. The highest BCUT2D eigenvalue weighted by atomic mass is 32.2. The fourth-order valence-electron chi connectivity index (χ4n) is 3.30. The Balaban J connectivity index is 1.72. The van der Waals surface area contributed by atoms with E-state index < -0.39 is 10.0 Å². The standard InChI is InChI=1S/C22H28N4O3S/c1-17-6-4-5-7-19(17)16-26(30(3,28)29)21-10-8-18(9-11-21)22(27)24-23-20-12-14-25(2)15-13-20/h4-11H,12-16H2,1-3H3,(H,24,27). The lowest BCUT2D eigenvalue weighted by Crippen LogP contribution is -2.32. The van der Waals surface area contributed by atoms with Gasteiger partial charge < -0.3 is 4.90 Å². The number of carbonyl (C=O) groups excluding carboxylic acids is 1. The molecule has 7 nitrogen and oxygen atoms in total. The number of hydrogen-bond donors (Lipinski definition) is 1. The first-order valence-corrected chi connectivity index (χ1v) is 11.8. The average Bonchev–Trinajstić information content (AvgIpc) is 2.72. The Morgan fingerprint density at radius 2 is 1.73 bits per heavy atom. The second-order valence-electron chi connectivity index (χ2n) is 7.67. The first kappa shape index (κ1) is 22.0. The molecular weight excluding hydrogens is 400 g/mol. The van der Waals surface area contributed by atoms with E-state index in [1.807, 2.05) is 31.2 Å². The molecule has 1 heterocycles. The first-order valence-electron chi connectivity index (χ1n) is 9.90. The predicted molar refractivity (Wildman–Crippen MR) is 120 cm³/mol. The van der Waals surface area contributed by atoms with Gasteiger partial charge in [-0.1, -0.05) is 24.3 Å². The monoisotopic (exact) mass is 428 g/mol. The van der Waals surface area contributed by atoms with E-state index in [0.717, 1.165) is 42.8 Å². The van der Waals surface area contributed by atoms with Crippen molar-refractivity contribution in [2.75, 3.05) is 30.7 Å². The van der Waals surface area contributed by atoms with E-state index >= 15 is 0 Å². The van der Waals surface area contributed by atoms with Crippen molar-refractivity contribution in [2.24, 2.45) is 5.10 Å². The average molecular weight is 429 g/mol. The number of carbonyl (C=O) groups is 1. The van der Waals surface area contributed by atoms with Gasteiger partial charge in [-0.2, -0.15) is 5.10 Å². The van der Waals surface area contributed by atoms with E-state index in [2.05, 4.69) is 22.5 Å². The summed E-state index contributed by atoms with van der Waals surface area (Å²) in [6.07, 6.45) is 2.87. The van der Waals surface area contributed by atoms with E-state index in [9.17, 15) is 13.2 Å². The lowest BCUT2D eigenvalue weighted by Gasteiger charge is -2.23. The Morgan fingerprint density at radius 3 is 2.33 bits per heavy atom. The normalized spacial score (nSPS) is 15.0. The van der Waals surface area contributed by atoms with Crippen LogP contribution in [0.4, 0.5) is 5.69 Å². The van der Waals surface area contributed by atoms with Gasteiger partial charge in [0.2, 0.25) is 10.0 Å². The molecule has 30 heavy (non-hydrogen) atoms. The Kier molecular flexibility index (Phi) is 6.89. The fourth-order valence-corrected chi connectivity index (χ4v) is 4.18. The largest absolute Gasteiger partial charge is 0.306 e. The topological polar surface area (TPSA) is 82.1 Å². The van der Waals surface area contributed by atoms with E-state index in [1.54, 1.807) is 24.3 Å². The molecule has 0 aliphatic carbocycles. The molecule has 3 rings (SSSR count). The van der Waals surface area contributed by atoms with E-state index in [4.69, 9.17) is 0 Å². The number of sulfonamides is 1. The molecule has 1 aliphatic heterocycles. The lowest BCUT2D eigenvalue weighted by molar-refractivity contribution is 0.0954. The zero-order valence-corrected chi connectivity index (χ0v) is 18.4. The summed E-state index contributed by atoms with van der Waals surface area (Å²) in [6.45, 7) is 4.06. The van der Waals surface area contributed by atoms with Gasteiger partial charge in [-0.25, -0.2) is 13.8 Å². The van der Waals surface area contributed by atoms with Crippen LogP contribution in [0.5, 0.6) is 0 Å². The predicted octanol–water partition coefficient (Wildman–Crippen LogP) is 2.77. The van der Waals surface area contributed by atoms with E-state index in [0.29, 0.717) is 11.3 Å². The molecule has 160 valence electrons. The smallest absolute Gasteiger partial charge is 0.271 e. The number of likely N-dealkylation sites (tertiary alicyclic amines) is 1. The summed E-state index contributed by atoms with van der Waals surface area (Å²) >= 11 is 0. The fraction of sp³-hybridized carbons (Fsp3) is 0.364. The number of hydrazone groups is 1. The lowest BCUT2D eigenvalue weighted by atomic mass is 10.1. The van der Waals surface area contributed by atoms with Crippen LogP contribution in [0.15, 0.2) is 53.6 Å². The highest BCUT2D eigenvalue weighted by Gasteiger charge is 2.19. The molecule has 0 unspecified atom stereocenters. The number of nitrogens with one attached hydrogen (secondary N) is 1. The highest BCUT2D eigenvalue weighted by Crippen LogP contribution is 2.22. The van der Waals surface area contributed by atoms with Crippen molar-refractivity contribution in [1.29, 1.82) is 0 Å². The molecule has 2 aromatic carbocycles. The van der Waals surface area contributed by atoms with Crippen molar-refractivity contribution >= 4 is 27.3 Å². The number of nitrogens with zero attached hydrogens (tertiary/aromatic N) is 3. The Morgan fingerprint density at radius 1 is 1.10 bits per heavy atom. The second kappa shape index (κ2) is 9.40. The molecule has 1 fully saturated rings. The third-order valence-corrected chi connectivity index (χ3v) is 6.41. The minimum Gasteiger partial charge on any atom is -0.306 e. The molecule has 1 amide bonds. The Bertz CT molecular complexity index is 1020. The second-order valence-corrected chi connectivity index (χ2v) is 9.57. The summed E-state index contributed by atoms with van der Waals surface area (Å²) < 4.78 is 26.1. The molecule has 8 heteroatoms. The SMILES string of the molecule is Cc1ccccc1CN(c1ccc(C(=O)NN=C2CCN(C)CC2)cc1)S(C)(=O)=O. The van der Waals surface area contributed by atoms with Crippen LogP contribution in [0.1, 0.15) is 34.3 Å². The molecule has 0 bridgehead atoms. The molecule has 1 N–H and O–H groups in total. The zero-order chi connectivity index (χ0) is 21.7. The molecule has 0 radical (unpaired) electrons. The molecule has 1 saturated heterocycles. The molecule has 0 aromatic heterocycles. The van der Waals surface area contributed by atoms with Crippen molar-refractivity contribution in [1.82, 2.24) is 10.3 Å². The molecule has 0 spiro atoms. The first-order chi connectivity index (χ1) is 14.2. The van der Waals surface area contributed by atoms with Gasteiger partial charge in [0, 0.05) is 37.2 Å². The van der Waals surface area contributed by atoms with Gasteiger partial charge in [-0.05, 0) is 49.4 Å². The maximum Gasteiger partial charge on any atom is 0.271 e. The molecular formula is C22H28N4O3S. The van der Waals surface area contributed by atoms with Crippen LogP contribution in [0, 0.1) is 6.92 Å².